The van der Waals surface area contributed by atoms with E-state index in [1.165, 1.54) is 12.8 Å². The highest BCUT2D eigenvalue weighted by atomic mass is 15.3. The number of nitrogens with one attached hydrogen (secondary N) is 1. The summed E-state index contributed by atoms with van der Waals surface area (Å²) < 4.78 is 0. The van der Waals surface area contributed by atoms with E-state index in [1.54, 1.807) is 0 Å². The van der Waals surface area contributed by atoms with Crippen LogP contribution < -0.4 is 11.5 Å². The van der Waals surface area contributed by atoms with Crippen molar-refractivity contribution in [2.45, 2.75) is 19.8 Å². The van der Waals surface area contributed by atoms with Crippen molar-refractivity contribution >= 4 is 11.9 Å². The van der Waals surface area contributed by atoms with E-state index in [4.69, 9.17) is 16.9 Å². The van der Waals surface area contributed by atoms with Gasteiger partial charge in [-0.15, -0.1) is 0 Å². The summed E-state index contributed by atoms with van der Waals surface area (Å²) in [4.78, 5) is 5.67. The summed E-state index contributed by atoms with van der Waals surface area (Å²) >= 11 is 0. The zero-order valence-corrected chi connectivity index (χ0v) is 7.95. The average Bonchev–Trinajstić information content (AvgIpc) is 2.81. The second-order valence-corrected chi connectivity index (χ2v) is 3.34. The van der Waals surface area contributed by atoms with Gasteiger partial charge in [-0.05, 0) is 25.7 Å². The van der Waals surface area contributed by atoms with E-state index in [9.17, 15) is 0 Å². The summed E-state index contributed by atoms with van der Waals surface area (Å²) in [5, 5.41) is 6.97. The second-order valence-electron chi connectivity index (χ2n) is 3.34. The minimum Gasteiger partial charge on any atom is -0.369 e. The number of nitrogens with two attached hydrogens (primary N) is 2. The molecule has 1 aliphatic carbocycles. The largest absolute Gasteiger partial charge is 0.369 e. The molecular weight excluding hydrogens is 166 g/mol. The first-order valence-electron chi connectivity index (χ1n) is 4.56. The van der Waals surface area contributed by atoms with Crippen LogP contribution in [0.3, 0.4) is 0 Å². The molecule has 0 unspecified atom stereocenters. The van der Waals surface area contributed by atoms with Crippen LogP contribution in [0.2, 0.25) is 0 Å². The van der Waals surface area contributed by atoms with Crippen LogP contribution in [0.1, 0.15) is 19.8 Å². The molecule has 0 amide bonds. The third-order valence-corrected chi connectivity index (χ3v) is 2.12. The van der Waals surface area contributed by atoms with Gasteiger partial charge < -0.3 is 16.4 Å². The summed E-state index contributed by atoms with van der Waals surface area (Å²) in [6, 6.07) is 0. The van der Waals surface area contributed by atoms with Crippen molar-refractivity contribution in [1.29, 1.82) is 5.41 Å². The Morgan fingerprint density at radius 2 is 2.15 bits per heavy atom. The third kappa shape index (κ3) is 3.31. The lowest BCUT2D eigenvalue weighted by Gasteiger charge is -2.21. The zero-order chi connectivity index (χ0) is 9.84. The van der Waals surface area contributed by atoms with Crippen LogP contribution in [0.4, 0.5) is 0 Å². The van der Waals surface area contributed by atoms with Gasteiger partial charge in [-0.1, -0.05) is 0 Å². The first-order chi connectivity index (χ1) is 6.13. The minimum atomic E-state index is -0.230. The van der Waals surface area contributed by atoms with E-state index in [1.807, 2.05) is 11.8 Å². The van der Waals surface area contributed by atoms with Gasteiger partial charge in [0.1, 0.15) is 0 Å². The van der Waals surface area contributed by atoms with Gasteiger partial charge in [0.25, 0.3) is 0 Å². The van der Waals surface area contributed by atoms with Gasteiger partial charge in [-0.25, -0.2) is 0 Å². The SMILES string of the molecule is CCN(CC1CC1)/C(N)=N/C(=N)N. The van der Waals surface area contributed by atoms with Gasteiger partial charge in [0, 0.05) is 13.1 Å². The number of hydrogen-bond acceptors (Lipinski definition) is 1. The Morgan fingerprint density at radius 1 is 1.54 bits per heavy atom. The van der Waals surface area contributed by atoms with Crippen molar-refractivity contribution in [1.82, 2.24) is 4.90 Å². The molecule has 5 heteroatoms. The molecule has 0 aromatic heterocycles. The topological polar surface area (TPSA) is 91.5 Å². The van der Waals surface area contributed by atoms with Crippen LogP contribution in [0.25, 0.3) is 0 Å². The lowest BCUT2D eigenvalue weighted by molar-refractivity contribution is 0.415. The maximum atomic E-state index is 6.97. The van der Waals surface area contributed by atoms with E-state index in [-0.39, 0.29) is 5.96 Å². The standard InChI is InChI=1S/C8H17N5/c1-2-13(5-6-3-4-6)8(11)12-7(9)10/h6H,2-5H2,1H3,(H5,9,10,11,12). The molecule has 13 heavy (non-hydrogen) atoms. The maximum Gasteiger partial charge on any atom is 0.215 e. The Kier molecular flexibility index (Phi) is 3.11. The lowest BCUT2D eigenvalue weighted by Crippen LogP contribution is -2.39. The van der Waals surface area contributed by atoms with Crippen molar-refractivity contribution in [2.75, 3.05) is 13.1 Å². The monoisotopic (exact) mass is 183 g/mol. The van der Waals surface area contributed by atoms with Crippen molar-refractivity contribution in [3.05, 3.63) is 0 Å². The predicted octanol–water partition coefficient (Wildman–Crippen LogP) is -0.0735. The average molecular weight is 183 g/mol. The van der Waals surface area contributed by atoms with Crippen LogP contribution >= 0.6 is 0 Å². The second kappa shape index (κ2) is 4.11. The van der Waals surface area contributed by atoms with Crippen LogP contribution in [-0.4, -0.2) is 29.9 Å². The molecule has 0 bridgehead atoms. The number of aliphatic imine (C=N–C) groups is 1. The molecule has 1 saturated carbocycles. The first-order valence-corrected chi connectivity index (χ1v) is 4.56. The number of guanidine groups is 2. The first kappa shape index (κ1) is 9.83. The zero-order valence-electron chi connectivity index (χ0n) is 7.95. The smallest absolute Gasteiger partial charge is 0.215 e. The van der Waals surface area contributed by atoms with Crippen molar-refractivity contribution in [3.63, 3.8) is 0 Å². The summed E-state index contributed by atoms with van der Waals surface area (Å²) in [6.45, 7) is 3.78. The van der Waals surface area contributed by atoms with Gasteiger partial charge in [-0.3, -0.25) is 5.41 Å². The highest BCUT2D eigenvalue weighted by Crippen LogP contribution is 2.29. The number of rotatable bonds is 3. The molecule has 1 rings (SSSR count). The molecular formula is C8H17N5. The number of hydrogen-bond donors (Lipinski definition) is 3. The van der Waals surface area contributed by atoms with Gasteiger partial charge in [-0.2, -0.15) is 4.99 Å². The van der Waals surface area contributed by atoms with Crippen LogP contribution in [0.15, 0.2) is 4.99 Å². The molecule has 0 aromatic carbocycles. The highest BCUT2D eigenvalue weighted by Gasteiger charge is 2.24. The van der Waals surface area contributed by atoms with E-state index in [0.717, 1.165) is 19.0 Å². The molecule has 0 aliphatic heterocycles. The molecule has 0 spiro atoms. The summed E-state index contributed by atoms with van der Waals surface area (Å²) in [5.41, 5.74) is 10.8. The third-order valence-electron chi connectivity index (χ3n) is 2.12. The Labute approximate surface area is 78.3 Å². The molecule has 5 N–H and O–H groups in total. The van der Waals surface area contributed by atoms with Crippen LogP contribution in [-0.2, 0) is 0 Å². The number of nitrogens with zero attached hydrogens (tertiary/aromatic N) is 2. The van der Waals surface area contributed by atoms with Crippen molar-refractivity contribution in [3.8, 4) is 0 Å². The summed E-state index contributed by atoms with van der Waals surface area (Å²) in [7, 11) is 0. The molecule has 5 nitrogen and oxygen atoms in total. The van der Waals surface area contributed by atoms with Crippen molar-refractivity contribution < 1.29 is 0 Å². The Bertz CT molecular complexity index is 219. The summed E-state index contributed by atoms with van der Waals surface area (Å²) in [5.74, 6) is 0.898. The fourth-order valence-corrected chi connectivity index (χ4v) is 1.19. The minimum absolute atomic E-state index is 0.230. The maximum absolute atomic E-state index is 6.97. The molecule has 0 heterocycles. The predicted molar refractivity (Wildman–Crippen MR) is 53.5 cm³/mol. The molecule has 1 aliphatic rings. The van der Waals surface area contributed by atoms with E-state index in [2.05, 4.69) is 4.99 Å². The van der Waals surface area contributed by atoms with Crippen LogP contribution in [0, 0.1) is 11.3 Å². The molecule has 0 radical (unpaired) electrons. The van der Waals surface area contributed by atoms with Gasteiger partial charge in [0.05, 0.1) is 0 Å². The van der Waals surface area contributed by atoms with Gasteiger partial charge in [0.2, 0.25) is 5.96 Å². The molecule has 1 fully saturated rings. The van der Waals surface area contributed by atoms with Crippen LogP contribution in [0.5, 0.6) is 0 Å². The fraction of sp³-hybridized carbons (Fsp3) is 0.750. The fourth-order valence-electron chi connectivity index (χ4n) is 1.19. The molecule has 74 valence electrons. The van der Waals surface area contributed by atoms with E-state index in [0.29, 0.717) is 5.96 Å². The molecule has 0 aromatic rings. The van der Waals surface area contributed by atoms with E-state index < -0.39 is 0 Å². The summed E-state index contributed by atoms with van der Waals surface area (Å²) in [6.07, 6.45) is 2.56. The molecule has 0 saturated heterocycles. The Balaban J connectivity index is 2.47. The van der Waals surface area contributed by atoms with Gasteiger partial charge >= 0.3 is 0 Å². The Hall–Kier alpha value is -1.26. The lowest BCUT2D eigenvalue weighted by atomic mass is 10.4. The Morgan fingerprint density at radius 3 is 2.54 bits per heavy atom. The highest BCUT2D eigenvalue weighted by molar-refractivity contribution is 5.91. The van der Waals surface area contributed by atoms with Crippen molar-refractivity contribution in [2.24, 2.45) is 22.4 Å². The normalized spacial score (nSPS) is 17.2. The van der Waals surface area contributed by atoms with E-state index >= 15 is 0 Å². The molecule has 0 atom stereocenters. The van der Waals surface area contributed by atoms with Gasteiger partial charge in [0.15, 0.2) is 5.96 Å². The quantitative estimate of drug-likeness (QED) is 0.422.